The predicted molar refractivity (Wildman–Crippen MR) is 77.7 cm³/mol. The molecular weight excluding hydrogens is 296 g/mol. The number of rotatable bonds is 6. The Bertz CT molecular complexity index is 436. The lowest BCUT2D eigenvalue weighted by Gasteiger charge is -2.11. The van der Waals surface area contributed by atoms with Crippen molar-refractivity contribution in [1.29, 1.82) is 0 Å². The maximum absolute atomic E-state index is 4.45. The number of nitrogens with zero attached hydrogens (tertiary/aromatic N) is 2. The Morgan fingerprint density at radius 3 is 3.06 bits per heavy atom. The van der Waals surface area contributed by atoms with E-state index in [0.717, 1.165) is 23.6 Å². The minimum Gasteiger partial charge on any atom is -0.330 e. The number of hydrogen-bond acceptors (Lipinski definition) is 2. The van der Waals surface area contributed by atoms with Gasteiger partial charge in [0.25, 0.3) is 0 Å². The molecule has 4 heteroatoms. The highest BCUT2D eigenvalue weighted by molar-refractivity contribution is 9.09. The van der Waals surface area contributed by atoms with Gasteiger partial charge in [0.1, 0.15) is 5.82 Å². The van der Waals surface area contributed by atoms with Gasteiger partial charge in [-0.2, -0.15) is 0 Å². The fourth-order valence-corrected chi connectivity index (χ4v) is 3.33. The molecule has 2 heterocycles. The number of halogens is 1. The maximum Gasteiger partial charge on any atom is 0.149 e. The van der Waals surface area contributed by atoms with Crippen LogP contribution in [0.15, 0.2) is 29.9 Å². The molecule has 0 amide bonds. The largest absolute Gasteiger partial charge is 0.330 e. The molecule has 0 aromatic carbocycles. The third kappa shape index (κ3) is 3.42. The molecule has 2 aromatic heterocycles. The molecule has 0 saturated heterocycles. The van der Waals surface area contributed by atoms with Crippen LogP contribution in [0.4, 0.5) is 0 Å². The van der Waals surface area contributed by atoms with Crippen LogP contribution in [0.5, 0.6) is 0 Å². The Labute approximate surface area is 115 Å². The van der Waals surface area contributed by atoms with Crippen LogP contribution in [-0.4, -0.2) is 14.9 Å². The molecule has 0 saturated carbocycles. The summed E-state index contributed by atoms with van der Waals surface area (Å²) < 4.78 is 2.26. The van der Waals surface area contributed by atoms with Crippen LogP contribution in [0.25, 0.3) is 10.7 Å². The molecule has 2 nitrogen and oxygen atoms in total. The van der Waals surface area contributed by atoms with Gasteiger partial charge in [0.2, 0.25) is 0 Å². The predicted octanol–water partition coefficient (Wildman–Crippen LogP) is 4.42. The smallest absolute Gasteiger partial charge is 0.149 e. The van der Waals surface area contributed by atoms with Crippen LogP contribution in [0.2, 0.25) is 0 Å². The quantitative estimate of drug-likeness (QED) is 0.722. The molecule has 0 fully saturated rings. The van der Waals surface area contributed by atoms with E-state index >= 15 is 0 Å². The van der Waals surface area contributed by atoms with Crippen LogP contribution in [0, 0.1) is 5.92 Å². The van der Waals surface area contributed by atoms with Crippen LogP contribution in [-0.2, 0) is 6.54 Å². The van der Waals surface area contributed by atoms with Crippen molar-refractivity contribution in [3.8, 4) is 10.7 Å². The van der Waals surface area contributed by atoms with Crippen molar-refractivity contribution in [3.63, 3.8) is 0 Å². The second kappa shape index (κ2) is 6.36. The van der Waals surface area contributed by atoms with E-state index in [1.165, 1.54) is 17.7 Å². The number of aromatic nitrogens is 2. The Morgan fingerprint density at radius 2 is 2.35 bits per heavy atom. The van der Waals surface area contributed by atoms with E-state index in [-0.39, 0.29) is 0 Å². The Hall–Kier alpha value is -0.610. The van der Waals surface area contributed by atoms with Crippen molar-refractivity contribution in [2.75, 3.05) is 5.33 Å². The number of imidazole rings is 1. The van der Waals surface area contributed by atoms with E-state index in [0.29, 0.717) is 0 Å². The normalized spacial score (nSPS) is 12.8. The van der Waals surface area contributed by atoms with Gasteiger partial charge in [-0.3, -0.25) is 0 Å². The van der Waals surface area contributed by atoms with E-state index in [1.54, 1.807) is 11.3 Å². The third-order valence-electron chi connectivity index (χ3n) is 2.92. The van der Waals surface area contributed by atoms with Gasteiger partial charge >= 0.3 is 0 Å². The van der Waals surface area contributed by atoms with Crippen molar-refractivity contribution >= 4 is 27.3 Å². The first kappa shape index (κ1) is 12.8. The molecule has 0 radical (unpaired) electrons. The highest BCUT2D eigenvalue weighted by Crippen LogP contribution is 2.23. The Balaban J connectivity index is 2.00. The average molecular weight is 313 g/mol. The van der Waals surface area contributed by atoms with Crippen molar-refractivity contribution in [2.45, 2.75) is 26.3 Å². The highest BCUT2D eigenvalue weighted by Gasteiger charge is 2.08. The van der Waals surface area contributed by atoms with Crippen molar-refractivity contribution in [3.05, 3.63) is 29.9 Å². The summed E-state index contributed by atoms with van der Waals surface area (Å²) in [7, 11) is 0. The Morgan fingerprint density at radius 1 is 1.47 bits per heavy atom. The molecule has 0 aliphatic rings. The van der Waals surface area contributed by atoms with Gasteiger partial charge < -0.3 is 4.57 Å². The summed E-state index contributed by atoms with van der Waals surface area (Å²) in [5, 5.41) is 3.19. The van der Waals surface area contributed by atoms with E-state index in [1.807, 2.05) is 6.20 Å². The molecule has 92 valence electrons. The molecule has 2 rings (SSSR count). The number of hydrogen-bond donors (Lipinski definition) is 0. The molecule has 1 atom stereocenters. The zero-order valence-electron chi connectivity index (χ0n) is 9.97. The fraction of sp³-hybridized carbons (Fsp3) is 0.462. The molecular formula is C13H17BrN2S. The molecule has 17 heavy (non-hydrogen) atoms. The monoisotopic (exact) mass is 312 g/mol. The molecule has 0 N–H and O–H groups in total. The molecule has 0 aliphatic carbocycles. The fourth-order valence-electron chi connectivity index (χ4n) is 1.81. The summed E-state index contributed by atoms with van der Waals surface area (Å²) in [6, 6.07) is 4.21. The van der Waals surface area contributed by atoms with E-state index in [4.69, 9.17) is 0 Å². The standard InChI is InChI=1S/C13H17BrN2S/c1-11(4-6-14)5-8-16-9-7-15-13(16)12-3-2-10-17-12/h2-3,7,9-11H,4-6,8H2,1H3. The highest BCUT2D eigenvalue weighted by atomic mass is 79.9. The van der Waals surface area contributed by atoms with Crippen LogP contribution in [0.1, 0.15) is 19.8 Å². The summed E-state index contributed by atoms with van der Waals surface area (Å²) in [5.41, 5.74) is 0. The zero-order chi connectivity index (χ0) is 12.1. The summed E-state index contributed by atoms with van der Waals surface area (Å²) in [6.07, 6.45) is 6.42. The van der Waals surface area contributed by atoms with Gasteiger partial charge in [-0.15, -0.1) is 11.3 Å². The minimum atomic E-state index is 0.757. The second-order valence-electron chi connectivity index (χ2n) is 4.29. The average Bonchev–Trinajstić information content (AvgIpc) is 2.97. The van der Waals surface area contributed by atoms with Crippen molar-refractivity contribution in [2.24, 2.45) is 5.92 Å². The minimum absolute atomic E-state index is 0.757. The van der Waals surface area contributed by atoms with Crippen molar-refractivity contribution < 1.29 is 0 Å². The van der Waals surface area contributed by atoms with Gasteiger partial charge in [0.05, 0.1) is 4.88 Å². The number of thiophene rings is 1. The van der Waals surface area contributed by atoms with Crippen molar-refractivity contribution in [1.82, 2.24) is 9.55 Å². The molecule has 0 bridgehead atoms. The Kier molecular flexibility index (Phi) is 4.80. The molecule has 0 spiro atoms. The van der Waals surface area contributed by atoms with Gasteiger partial charge in [-0.25, -0.2) is 4.98 Å². The maximum atomic E-state index is 4.45. The van der Waals surface area contributed by atoms with Crippen LogP contribution < -0.4 is 0 Å². The first-order chi connectivity index (χ1) is 8.31. The topological polar surface area (TPSA) is 17.8 Å². The zero-order valence-corrected chi connectivity index (χ0v) is 12.4. The number of alkyl halides is 1. The lowest BCUT2D eigenvalue weighted by Crippen LogP contribution is -2.04. The molecule has 0 aliphatic heterocycles. The summed E-state index contributed by atoms with van der Waals surface area (Å²) in [4.78, 5) is 5.70. The first-order valence-corrected chi connectivity index (χ1v) is 7.92. The lowest BCUT2D eigenvalue weighted by molar-refractivity contribution is 0.474. The van der Waals surface area contributed by atoms with Crippen LogP contribution >= 0.6 is 27.3 Å². The summed E-state index contributed by atoms with van der Waals surface area (Å²) in [5.74, 6) is 1.86. The molecule has 1 unspecified atom stereocenters. The van der Waals surface area contributed by atoms with E-state index < -0.39 is 0 Å². The van der Waals surface area contributed by atoms with Gasteiger partial charge in [0, 0.05) is 24.3 Å². The van der Waals surface area contributed by atoms with Crippen LogP contribution in [0.3, 0.4) is 0 Å². The summed E-state index contributed by atoms with van der Waals surface area (Å²) in [6.45, 7) is 3.37. The second-order valence-corrected chi connectivity index (χ2v) is 6.03. The molecule has 2 aromatic rings. The summed E-state index contributed by atoms with van der Waals surface area (Å²) >= 11 is 5.25. The number of aryl methyl sites for hydroxylation is 1. The third-order valence-corrected chi connectivity index (χ3v) is 4.25. The van der Waals surface area contributed by atoms with E-state index in [2.05, 4.69) is 56.1 Å². The van der Waals surface area contributed by atoms with Gasteiger partial charge in [0.15, 0.2) is 0 Å². The first-order valence-electron chi connectivity index (χ1n) is 5.92. The van der Waals surface area contributed by atoms with Gasteiger partial charge in [-0.05, 0) is 30.2 Å². The SMILES string of the molecule is CC(CCBr)CCn1ccnc1-c1cccs1. The van der Waals surface area contributed by atoms with Gasteiger partial charge in [-0.1, -0.05) is 28.9 Å². The van der Waals surface area contributed by atoms with E-state index in [9.17, 15) is 0 Å². The lowest BCUT2D eigenvalue weighted by atomic mass is 10.1.